The maximum atomic E-state index is 13.3. The van der Waals surface area contributed by atoms with Crippen LogP contribution in [-0.2, 0) is 6.42 Å². The molecule has 0 radical (unpaired) electrons. The fraction of sp³-hybridized carbons (Fsp3) is 0.235. The Kier molecular flexibility index (Phi) is 4.12. The van der Waals surface area contributed by atoms with E-state index >= 15 is 0 Å². The second-order valence-corrected chi connectivity index (χ2v) is 5.77. The van der Waals surface area contributed by atoms with Gasteiger partial charge >= 0.3 is 0 Å². The third-order valence-electron chi connectivity index (χ3n) is 3.93. The first-order chi connectivity index (χ1) is 10.6. The molecule has 1 amide bonds. The number of fused-ring (bicyclic) bond motifs is 1. The van der Waals surface area contributed by atoms with Gasteiger partial charge < -0.3 is 5.32 Å². The Hall–Kier alpha value is -1.94. The summed E-state index contributed by atoms with van der Waals surface area (Å²) in [6.45, 7) is 0. The summed E-state index contributed by atoms with van der Waals surface area (Å²) in [5, 5.41) is 2.77. The number of hydrogen-bond donors (Lipinski definition) is 1. The molecular weight excluding hydrogens is 308 g/mol. The summed E-state index contributed by atoms with van der Waals surface area (Å²) < 4.78 is 26.4. The predicted molar refractivity (Wildman–Crippen MR) is 81.0 cm³/mol. The summed E-state index contributed by atoms with van der Waals surface area (Å²) >= 11 is 5.85. The highest BCUT2D eigenvalue weighted by molar-refractivity contribution is 6.33. The molecule has 0 saturated heterocycles. The van der Waals surface area contributed by atoms with Crippen molar-refractivity contribution in [3.63, 3.8) is 0 Å². The lowest BCUT2D eigenvalue weighted by Crippen LogP contribution is -2.31. The molecule has 22 heavy (non-hydrogen) atoms. The largest absolute Gasteiger partial charge is 0.345 e. The normalized spacial score (nSPS) is 17.0. The minimum Gasteiger partial charge on any atom is -0.345 e. The van der Waals surface area contributed by atoms with Crippen LogP contribution in [0.5, 0.6) is 0 Å². The number of carbonyl (C=O) groups excluding carboxylic acids is 1. The van der Waals surface area contributed by atoms with Crippen LogP contribution >= 0.6 is 11.6 Å². The Bertz CT molecular complexity index is 733. The van der Waals surface area contributed by atoms with Crippen molar-refractivity contribution < 1.29 is 13.6 Å². The van der Waals surface area contributed by atoms with E-state index in [9.17, 15) is 13.6 Å². The first kappa shape index (κ1) is 15.0. The molecule has 2 nitrogen and oxygen atoms in total. The Labute approximate surface area is 132 Å². The third-order valence-corrected chi connectivity index (χ3v) is 4.24. The third kappa shape index (κ3) is 2.83. The van der Waals surface area contributed by atoms with E-state index in [1.807, 2.05) is 24.3 Å². The van der Waals surface area contributed by atoms with Crippen LogP contribution in [-0.4, -0.2) is 5.91 Å². The smallest absolute Gasteiger partial charge is 0.253 e. The fourth-order valence-electron chi connectivity index (χ4n) is 2.84. The number of nitrogens with one attached hydrogen (secondary N) is 1. The zero-order valence-corrected chi connectivity index (χ0v) is 12.5. The van der Waals surface area contributed by atoms with Crippen molar-refractivity contribution in [2.24, 2.45) is 0 Å². The highest BCUT2D eigenvalue weighted by Gasteiger charge is 2.23. The highest BCUT2D eigenvalue weighted by Crippen LogP contribution is 2.30. The molecule has 0 unspecified atom stereocenters. The molecule has 0 spiro atoms. The van der Waals surface area contributed by atoms with Crippen molar-refractivity contribution in [1.29, 1.82) is 0 Å². The quantitative estimate of drug-likeness (QED) is 0.815. The van der Waals surface area contributed by atoms with Crippen molar-refractivity contribution in [3.8, 4) is 0 Å². The number of rotatable bonds is 2. The zero-order chi connectivity index (χ0) is 15.7. The molecule has 1 N–H and O–H groups in total. The lowest BCUT2D eigenvalue weighted by Gasteiger charge is -2.26. The van der Waals surface area contributed by atoms with Crippen molar-refractivity contribution >= 4 is 17.5 Å². The SMILES string of the molecule is O=C(N[C@@H]1CCCc2ccccc21)c1cc(F)c(F)cc1Cl. The minimum absolute atomic E-state index is 0.0522. The molecule has 5 heteroatoms. The van der Waals surface area contributed by atoms with Crippen LogP contribution in [0, 0.1) is 11.6 Å². The molecule has 1 aliphatic rings. The maximum Gasteiger partial charge on any atom is 0.253 e. The molecule has 1 atom stereocenters. The summed E-state index contributed by atoms with van der Waals surface area (Å²) in [5.74, 6) is -2.64. The first-order valence-corrected chi connectivity index (χ1v) is 7.47. The topological polar surface area (TPSA) is 29.1 Å². The van der Waals surface area contributed by atoms with E-state index in [1.54, 1.807) is 0 Å². The number of benzene rings is 2. The Morgan fingerprint density at radius 3 is 2.73 bits per heavy atom. The van der Waals surface area contributed by atoms with E-state index in [0.29, 0.717) is 0 Å². The summed E-state index contributed by atoms with van der Waals surface area (Å²) in [5.41, 5.74) is 2.22. The molecule has 0 saturated carbocycles. The van der Waals surface area contributed by atoms with E-state index in [-0.39, 0.29) is 16.6 Å². The standard InChI is InChI=1S/C17H14ClF2NO/c18-13-9-15(20)14(19)8-12(13)17(22)21-16-7-3-5-10-4-1-2-6-11(10)16/h1-2,4,6,8-9,16H,3,5,7H2,(H,21,22)/t16-/m1/s1. The maximum absolute atomic E-state index is 13.3. The van der Waals surface area contributed by atoms with Crippen molar-refractivity contribution in [1.82, 2.24) is 5.32 Å². The first-order valence-electron chi connectivity index (χ1n) is 7.09. The van der Waals surface area contributed by atoms with Crippen LogP contribution in [0.1, 0.15) is 40.4 Å². The Balaban J connectivity index is 1.85. The monoisotopic (exact) mass is 321 g/mol. The van der Waals surface area contributed by atoms with Gasteiger partial charge in [0, 0.05) is 0 Å². The molecular formula is C17H14ClF2NO. The van der Waals surface area contributed by atoms with E-state index < -0.39 is 17.5 Å². The lowest BCUT2D eigenvalue weighted by atomic mass is 9.87. The molecule has 2 aromatic rings. The van der Waals surface area contributed by atoms with Gasteiger partial charge in [-0.1, -0.05) is 35.9 Å². The van der Waals surface area contributed by atoms with Gasteiger partial charge in [0.1, 0.15) is 0 Å². The highest BCUT2D eigenvalue weighted by atomic mass is 35.5. The van der Waals surface area contributed by atoms with Gasteiger partial charge in [0.15, 0.2) is 11.6 Å². The summed E-state index contributed by atoms with van der Waals surface area (Å²) in [6, 6.07) is 9.43. The molecule has 0 aliphatic heterocycles. The van der Waals surface area contributed by atoms with Crippen molar-refractivity contribution in [2.75, 3.05) is 0 Å². The number of halogens is 3. The second kappa shape index (κ2) is 6.05. The van der Waals surface area contributed by atoms with E-state index in [4.69, 9.17) is 11.6 Å². The number of amides is 1. The molecule has 2 aromatic carbocycles. The van der Waals surface area contributed by atoms with Gasteiger partial charge in [-0.25, -0.2) is 8.78 Å². The van der Waals surface area contributed by atoms with Gasteiger partial charge in [-0.15, -0.1) is 0 Å². The summed E-state index contributed by atoms with van der Waals surface area (Å²) in [6.07, 6.45) is 2.76. The molecule has 0 aromatic heterocycles. The summed E-state index contributed by atoms with van der Waals surface area (Å²) in [7, 11) is 0. The zero-order valence-electron chi connectivity index (χ0n) is 11.7. The Morgan fingerprint density at radius 2 is 1.91 bits per heavy atom. The predicted octanol–water partition coefficient (Wildman–Crippen LogP) is 4.43. The van der Waals surface area contributed by atoms with Gasteiger partial charge in [-0.2, -0.15) is 0 Å². The van der Waals surface area contributed by atoms with Gasteiger partial charge in [-0.3, -0.25) is 4.79 Å². The van der Waals surface area contributed by atoms with Gasteiger partial charge in [-0.05, 0) is 42.5 Å². The van der Waals surface area contributed by atoms with Crippen molar-refractivity contribution in [2.45, 2.75) is 25.3 Å². The number of carbonyl (C=O) groups is 1. The molecule has 0 heterocycles. The molecule has 114 valence electrons. The minimum atomic E-state index is -1.08. The van der Waals surface area contributed by atoms with Gasteiger partial charge in [0.2, 0.25) is 0 Å². The van der Waals surface area contributed by atoms with Crippen LogP contribution in [0.3, 0.4) is 0 Å². The average molecular weight is 322 g/mol. The molecule has 0 bridgehead atoms. The number of aryl methyl sites for hydroxylation is 1. The van der Waals surface area contributed by atoms with E-state index in [1.165, 1.54) is 5.56 Å². The molecule has 3 rings (SSSR count). The van der Waals surface area contributed by atoms with Gasteiger partial charge in [0.25, 0.3) is 5.91 Å². The Morgan fingerprint density at radius 1 is 1.18 bits per heavy atom. The number of hydrogen-bond acceptors (Lipinski definition) is 1. The van der Waals surface area contributed by atoms with Crippen LogP contribution in [0.25, 0.3) is 0 Å². The van der Waals surface area contributed by atoms with E-state index in [0.717, 1.165) is 37.0 Å². The van der Waals surface area contributed by atoms with Crippen molar-refractivity contribution in [3.05, 3.63) is 69.7 Å². The fourth-order valence-corrected chi connectivity index (χ4v) is 3.07. The van der Waals surface area contributed by atoms with E-state index in [2.05, 4.69) is 5.32 Å². The second-order valence-electron chi connectivity index (χ2n) is 5.36. The van der Waals surface area contributed by atoms with Crippen LogP contribution in [0.15, 0.2) is 36.4 Å². The van der Waals surface area contributed by atoms with Crippen LogP contribution in [0.4, 0.5) is 8.78 Å². The van der Waals surface area contributed by atoms with Gasteiger partial charge in [0.05, 0.1) is 16.6 Å². The van der Waals surface area contributed by atoms with Crippen LogP contribution < -0.4 is 5.32 Å². The molecule has 0 fully saturated rings. The van der Waals surface area contributed by atoms with Crippen LogP contribution in [0.2, 0.25) is 5.02 Å². The lowest BCUT2D eigenvalue weighted by molar-refractivity contribution is 0.0932. The summed E-state index contributed by atoms with van der Waals surface area (Å²) in [4.78, 5) is 12.3. The molecule has 1 aliphatic carbocycles. The average Bonchev–Trinajstić information content (AvgIpc) is 2.51.